The molecule has 1 saturated carbocycles. The molecule has 26 heavy (non-hydrogen) atoms. The number of ketones is 1. The van der Waals surface area contributed by atoms with Crippen LogP contribution in [0.4, 0.5) is 4.39 Å². The van der Waals surface area contributed by atoms with E-state index in [-0.39, 0.29) is 5.56 Å². The van der Waals surface area contributed by atoms with Crippen LogP contribution in [0.15, 0.2) is 42.5 Å². The van der Waals surface area contributed by atoms with Crippen molar-refractivity contribution in [3.8, 4) is 11.1 Å². The number of nitrogens with one attached hydrogen (secondary N) is 1. The minimum atomic E-state index is -3.60. The molecule has 6 heteroatoms. The molecule has 0 radical (unpaired) electrons. The lowest BCUT2D eigenvalue weighted by atomic mass is 9.86. The molecule has 1 aliphatic carbocycles. The fourth-order valence-corrected chi connectivity index (χ4v) is 4.64. The monoisotopic (exact) mass is 375 g/mol. The molecule has 0 spiro atoms. The largest absolute Gasteiger partial charge is 0.293 e. The molecular weight excluding hydrogens is 353 g/mol. The molecule has 3 rings (SSSR count). The molecule has 0 amide bonds. The van der Waals surface area contributed by atoms with Gasteiger partial charge in [-0.05, 0) is 55.5 Å². The van der Waals surface area contributed by atoms with Gasteiger partial charge in [-0.15, -0.1) is 0 Å². The summed E-state index contributed by atoms with van der Waals surface area (Å²) in [7, 11) is -3.60. The standard InChI is InChI=1S/C20H22FNO3S/c1-14-11-16(15-7-4-3-5-8-15)12-17(19(14)21)18(23)13-22-26(24,25)20(2)9-6-10-20/h3-5,7-8,11-12,22H,6,9-10,13H2,1-2H3. The van der Waals surface area contributed by atoms with Crippen LogP contribution in [0, 0.1) is 12.7 Å². The van der Waals surface area contributed by atoms with Crippen LogP contribution in [0.1, 0.15) is 42.1 Å². The Morgan fingerprint density at radius 3 is 2.38 bits per heavy atom. The van der Waals surface area contributed by atoms with E-state index in [4.69, 9.17) is 0 Å². The van der Waals surface area contributed by atoms with E-state index in [0.29, 0.717) is 18.4 Å². The molecule has 0 aromatic heterocycles. The van der Waals surface area contributed by atoms with Crippen LogP contribution < -0.4 is 4.72 Å². The normalized spacial score (nSPS) is 16.1. The van der Waals surface area contributed by atoms with Crippen LogP contribution in [0.25, 0.3) is 11.1 Å². The van der Waals surface area contributed by atoms with Crippen molar-refractivity contribution in [2.45, 2.75) is 37.9 Å². The molecule has 0 heterocycles. The van der Waals surface area contributed by atoms with E-state index in [2.05, 4.69) is 4.72 Å². The molecule has 0 unspecified atom stereocenters. The molecule has 2 aromatic carbocycles. The van der Waals surface area contributed by atoms with Crippen molar-refractivity contribution in [3.63, 3.8) is 0 Å². The fraction of sp³-hybridized carbons (Fsp3) is 0.350. The second-order valence-electron chi connectivity index (χ2n) is 7.07. The average molecular weight is 375 g/mol. The zero-order valence-electron chi connectivity index (χ0n) is 14.9. The van der Waals surface area contributed by atoms with Crippen LogP contribution in [-0.4, -0.2) is 25.5 Å². The van der Waals surface area contributed by atoms with Gasteiger partial charge in [-0.2, -0.15) is 0 Å². The van der Waals surface area contributed by atoms with Crippen LogP contribution in [0.2, 0.25) is 0 Å². The smallest absolute Gasteiger partial charge is 0.217 e. The number of benzene rings is 2. The number of carbonyl (C=O) groups excluding carboxylic acids is 1. The van der Waals surface area contributed by atoms with Gasteiger partial charge in [-0.3, -0.25) is 4.79 Å². The van der Waals surface area contributed by atoms with Crippen LogP contribution in [0.3, 0.4) is 0 Å². The Labute approximate surface area is 153 Å². The van der Waals surface area contributed by atoms with Gasteiger partial charge in [0.25, 0.3) is 0 Å². The second kappa shape index (κ2) is 6.93. The van der Waals surface area contributed by atoms with E-state index in [1.807, 2.05) is 30.3 Å². The van der Waals surface area contributed by atoms with E-state index < -0.39 is 32.9 Å². The SMILES string of the molecule is Cc1cc(-c2ccccc2)cc(C(=O)CNS(=O)(=O)C2(C)CCC2)c1F. The summed E-state index contributed by atoms with van der Waals surface area (Å²) >= 11 is 0. The van der Waals surface area contributed by atoms with Crippen molar-refractivity contribution in [1.82, 2.24) is 4.72 Å². The Morgan fingerprint density at radius 1 is 1.15 bits per heavy atom. The number of aryl methyl sites for hydroxylation is 1. The highest BCUT2D eigenvalue weighted by Gasteiger charge is 2.44. The summed E-state index contributed by atoms with van der Waals surface area (Å²) in [5.41, 5.74) is 1.85. The lowest BCUT2D eigenvalue weighted by molar-refractivity contribution is 0.0992. The first kappa shape index (κ1) is 18.7. The third-order valence-electron chi connectivity index (χ3n) is 5.14. The Kier molecular flexibility index (Phi) is 4.99. The predicted octanol–water partition coefficient (Wildman–Crippen LogP) is 3.85. The van der Waals surface area contributed by atoms with Gasteiger partial charge in [0, 0.05) is 0 Å². The summed E-state index contributed by atoms with van der Waals surface area (Å²) in [5, 5.41) is 0. The maximum atomic E-state index is 14.5. The highest BCUT2D eigenvalue weighted by molar-refractivity contribution is 7.91. The molecule has 1 fully saturated rings. The second-order valence-corrected chi connectivity index (χ2v) is 9.35. The molecule has 4 nitrogen and oxygen atoms in total. The van der Waals surface area contributed by atoms with E-state index in [9.17, 15) is 17.6 Å². The molecule has 1 aliphatic rings. The third kappa shape index (κ3) is 3.44. The van der Waals surface area contributed by atoms with Gasteiger partial charge in [0.2, 0.25) is 10.0 Å². The van der Waals surface area contributed by atoms with E-state index in [1.165, 1.54) is 6.07 Å². The van der Waals surface area contributed by atoms with Gasteiger partial charge in [0.1, 0.15) is 5.82 Å². The third-order valence-corrected chi connectivity index (χ3v) is 7.37. The van der Waals surface area contributed by atoms with Gasteiger partial charge < -0.3 is 0 Å². The van der Waals surface area contributed by atoms with E-state index in [0.717, 1.165) is 17.5 Å². The first-order chi connectivity index (χ1) is 12.2. The molecular formula is C20H22FNO3S. The highest BCUT2D eigenvalue weighted by Crippen LogP contribution is 2.38. The van der Waals surface area contributed by atoms with E-state index in [1.54, 1.807) is 19.9 Å². The van der Waals surface area contributed by atoms with E-state index >= 15 is 0 Å². The average Bonchev–Trinajstić information content (AvgIpc) is 2.60. The number of hydrogen-bond acceptors (Lipinski definition) is 3. The zero-order chi connectivity index (χ0) is 18.9. The molecule has 0 aliphatic heterocycles. The molecule has 0 bridgehead atoms. The number of halogens is 1. The van der Waals surface area contributed by atoms with Gasteiger partial charge >= 0.3 is 0 Å². The Balaban J connectivity index is 1.84. The first-order valence-corrected chi connectivity index (χ1v) is 10.1. The summed E-state index contributed by atoms with van der Waals surface area (Å²) in [6, 6.07) is 12.5. The number of carbonyl (C=O) groups is 1. The number of Topliss-reactive ketones (excluding diaryl/α,β-unsaturated/α-hetero) is 1. The van der Waals surface area contributed by atoms with Crippen LogP contribution >= 0.6 is 0 Å². The Hall–Kier alpha value is -2.05. The van der Waals surface area contributed by atoms with Crippen molar-refractivity contribution in [3.05, 3.63) is 59.4 Å². The summed E-state index contributed by atoms with van der Waals surface area (Å²) in [5.74, 6) is -1.18. The van der Waals surface area contributed by atoms with Gasteiger partial charge in [0.05, 0.1) is 16.9 Å². The maximum absolute atomic E-state index is 14.5. The molecule has 0 atom stereocenters. The van der Waals surface area contributed by atoms with Crippen molar-refractivity contribution in [2.75, 3.05) is 6.54 Å². The first-order valence-electron chi connectivity index (χ1n) is 8.61. The van der Waals surface area contributed by atoms with Crippen molar-refractivity contribution in [2.24, 2.45) is 0 Å². The highest BCUT2D eigenvalue weighted by atomic mass is 32.2. The predicted molar refractivity (Wildman–Crippen MR) is 100 cm³/mol. The Bertz CT molecular complexity index is 935. The minimum Gasteiger partial charge on any atom is -0.293 e. The van der Waals surface area contributed by atoms with Crippen LogP contribution in [-0.2, 0) is 10.0 Å². The maximum Gasteiger partial charge on any atom is 0.217 e. The van der Waals surface area contributed by atoms with Crippen molar-refractivity contribution < 1.29 is 17.6 Å². The molecule has 2 aromatic rings. The Morgan fingerprint density at radius 2 is 1.81 bits per heavy atom. The lowest BCUT2D eigenvalue weighted by Gasteiger charge is -2.37. The van der Waals surface area contributed by atoms with Crippen molar-refractivity contribution >= 4 is 15.8 Å². The fourth-order valence-electron chi connectivity index (χ4n) is 3.14. The number of hydrogen-bond donors (Lipinski definition) is 1. The van der Waals surface area contributed by atoms with Crippen LogP contribution in [0.5, 0.6) is 0 Å². The number of sulfonamides is 1. The van der Waals surface area contributed by atoms with Gasteiger partial charge in [-0.1, -0.05) is 36.8 Å². The van der Waals surface area contributed by atoms with Crippen molar-refractivity contribution in [1.29, 1.82) is 0 Å². The molecule has 138 valence electrons. The molecule has 0 saturated heterocycles. The zero-order valence-corrected chi connectivity index (χ0v) is 15.7. The summed E-state index contributed by atoms with van der Waals surface area (Å²) in [6.07, 6.45) is 2.01. The summed E-state index contributed by atoms with van der Waals surface area (Å²) < 4.78 is 40.7. The minimum absolute atomic E-state index is 0.0923. The topological polar surface area (TPSA) is 63.2 Å². The quantitative estimate of drug-likeness (QED) is 0.780. The number of rotatable bonds is 6. The van der Waals surface area contributed by atoms with Gasteiger partial charge in [0.15, 0.2) is 5.78 Å². The summed E-state index contributed by atoms with van der Waals surface area (Å²) in [4.78, 5) is 12.5. The van der Waals surface area contributed by atoms with Gasteiger partial charge in [-0.25, -0.2) is 17.5 Å². The summed E-state index contributed by atoms with van der Waals surface area (Å²) in [6.45, 7) is 2.83. The lowest BCUT2D eigenvalue weighted by Crippen LogP contribution is -2.49. The molecule has 1 N–H and O–H groups in total.